The second-order valence-corrected chi connectivity index (χ2v) is 5.53. The number of benzene rings is 1. The van der Waals surface area contributed by atoms with Gasteiger partial charge in [0.1, 0.15) is 0 Å². The van der Waals surface area contributed by atoms with Crippen LogP contribution in [0.5, 0.6) is 0 Å². The summed E-state index contributed by atoms with van der Waals surface area (Å²) in [5, 5.41) is 9.26. The molecule has 1 aliphatic rings. The molecule has 2 rings (SSSR count). The van der Waals surface area contributed by atoms with E-state index in [-0.39, 0.29) is 6.61 Å². The van der Waals surface area contributed by atoms with Crippen molar-refractivity contribution in [1.82, 2.24) is 0 Å². The van der Waals surface area contributed by atoms with E-state index in [1.54, 1.807) is 7.11 Å². The van der Waals surface area contributed by atoms with E-state index >= 15 is 0 Å². The minimum Gasteiger partial charge on any atom is -0.392 e. The first-order chi connectivity index (χ1) is 9.17. The number of hydrogen-bond acceptors (Lipinski definition) is 3. The largest absolute Gasteiger partial charge is 0.392 e. The van der Waals surface area contributed by atoms with Crippen LogP contribution in [0.3, 0.4) is 0 Å². The molecule has 0 aromatic heterocycles. The molecule has 106 valence electrons. The van der Waals surface area contributed by atoms with Crippen molar-refractivity contribution in [3.8, 4) is 0 Å². The molecule has 1 N–H and O–H groups in total. The predicted molar refractivity (Wildman–Crippen MR) is 78.5 cm³/mol. The Morgan fingerprint density at radius 3 is 2.68 bits per heavy atom. The Morgan fingerprint density at radius 2 is 2.16 bits per heavy atom. The Labute approximate surface area is 116 Å². The SMILES string of the molecule is COCCN(c1ccc(CO)c(C)c1)C(C)C1CC1. The lowest BCUT2D eigenvalue weighted by Gasteiger charge is -2.32. The number of anilines is 1. The van der Waals surface area contributed by atoms with Crippen LogP contribution in [0.25, 0.3) is 0 Å². The van der Waals surface area contributed by atoms with Crippen molar-refractivity contribution in [2.24, 2.45) is 5.92 Å². The van der Waals surface area contributed by atoms with E-state index in [2.05, 4.69) is 30.9 Å². The molecule has 1 aromatic rings. The van der Waals surface area contributed by atoms with Crippen molar-refractivity contribution < 1.29 is 9.84 Å². The number of aliphatic hydroxyl groups is 1. The second kappa shape index (κ2) is 6.40. The van der Waals surface area contributed by atoms with Crippen LogP contribution < -0.4 is 4.90 Å². The van der Waals surface area contributed by atoms with Crippen LogP contribution in [-0.2, 0) is 11.3 Å². The van der Waals surface area contributed by atoms with Gasteiger partial charge >= 0.3 is 0 Å². The molecule has 0 saturated heterocycles. The molecule has 1 aromatic carbocycles. The van der Waals surface area contributed by atoms with Crippen LogP contribution in [0, 0.1) is 12.8 Å². The fourth-order valence-corrected chi connectivity index (χ4v) is 2.63. The average molecular weight is 263 g/mol. The van der Waals surface area contributed by atoms with Gasteiger partial charge in [-0.3, -0.25) is 0 Å². The summed E-state index contributed by atoms with van der Waals surface area (Å²) in [5.41, 5.74) is 3.41. The molecule has 0 amide bonds. The van der Waals surface area contributed by atoms with Gasteiger partial charge < -0.3 is 14.7 Å². The van der Waals surface area contributed by atoms with Gasteiger partial charge in [0, 0.05) is 25.4 Å². The van der Waals surface area contributed by atoms with Gasteiger partial charge in [0.2, 0.25) is 0 Å². The number of ether oxygens (including phenoxy) is 1. The van der Waals surface area contributed by atoms with Crippen molar-refractivity contribution in [3.05, 3.63) is 29.3 Å². The number of hydrogen-bond donors (Lipinski definition) is 1. The molecule has 0 radical (unpaired) electrons. The Bertz CT molecular complexity index is 415. The summed E-state index contributed by atoms with van der Waals surface area (Å²) >= 11 is 0. The van der Waals surface area contributed by atoms with E-state index in [9.17, 15) is 5.11 Å². The maximum Gasteiger partial charge on any atom is 0.0684 e. The third kappa shape index (κ3) is 3.48. The highest BCUT2D eigenvalue weighted by atomic mass is 16.5. The first-order valence-corrected chi connectivity index (χ1v) is 7.13. The number of aliphatic hydroxyl groups excluding tert-OH is 1. The van der Waals surface area contributed by atoms with Crippen LogP contribution in [0.2, 0.25) is 0 Å². The van der Waals surface area contributed by atoms with Crippen LogP contribution in [0.4, 0.5) is 5.69 Å². The topological polar surface area (TPSA) is 32.7 Å². The van der Waals surface area contributed by atoms with E-state index in [0.717, 1.165) is 30.2 Å². The highest BCUT2D eigenvalue weighted by Gasteiger charge is 2.32. The second-order valence-electron chi connectivity index (χ2n) is 5.53. The highest BCUT2D eigenvalue weighted by Crippen LogP contribution is 2.37. The van der Waals surface area contributed by atoms with Gasteiger partial charge in [-0.05, 0) is 55.9 Å². The Balaban J connectivity index is 2.18. The lowest BCUT2D eigenvalue weighted by molar-refractivity contribution is 0.202. The molecule has 1 aliphatic carbocycles. The fourth-order valence-electron chi connectivity index (χ4n) is 2.63. The van der Waals surface area contributed by atoms with Gasteiger partial charge in [-0.25, -0.2) is 0 Å². The lowest BCUT2D eigenvalue weighted by atomic mass is 10.1. The Hall–Kier alpha value is -1.06. The van der Waals surface area contributed by atoms with Crippen LogP contribution in [-0.4, -0.2) is 31.4 Å². The van der Waals surface area contributed by atoms with E-state index in [0.29, 0.717) is 6.04 Å². The molecule has 1 fully saturated rings. The zero-order chi connectivity index (χ0) is 13.8. The average Bonchev–Trinajstić information content (AvgIpc) is 3.23. The highest BCUT2D eigenvalue weighted by molar-refractivity contribution is 5.51. The number of rotatable bonds is 7. The molecule has 1 unspecified atom stereocenters. The van der Waals surface area contributed by atoms with Crippen LogP contribution >= 0.6 is 0 Å². The third-order valence-electron chi connectivity index (χ3n) is 4.16. The van der Waals surface area contributed by atoms with Crippen LogP contribution in [0.15, 0.2) is 18.2 Å². The third-order valence-corrected chi connectivity index (χ3v) is 4.16. The molecule has 3 heteroatoms. The van der Waals surface area contributed by atoms with E-state index in [1.165, 1.54) is 18.5 Å². The molecule has 0 bridgehead atoms. The first kappa shape index (κ1) is 14.4. The predicted octanol–water partition coefficient (Wildman–Crippen LogP) is 2.74. The molecule has 0 aliphatic heterocycles. The van der Waals surface area contributed by atoms with Crippen molar-refractivity contribution in [2.45, 2.75) is 39.3 Å². The Morgan fingerprint density at radius 1 is 1.42 bits per heavy atom. The molecule has 1 saturated carbocycles. The van der Waals surface area contributed by atoms with Gasteiger partial charge in [-0.15, -0.1) is 0 Å². The van der Waals surface area contributed by atoms with Crippen LogP contribution in [0.1, 0.15) is 30.9 Å². The summed E-state index contributed by atoms with van der Waals surface area (Å²) in [5.74, 6) is 0.828. The molecular weight excluding hydrogens is 238 g/mol. The normalized spacial score (nSPS) is 16.4. The van der Waals surface area contributed by atoms with Crippen molar-refractivity contribution in [3.63, 3.8) is 0 Å². The maximum absolute atomic E-state index is 9.26. The lowest BCUT2D eigenvalue weighted by Crippen LogP contribution is -2.37. The standard InChI is InChI=1S/C16H25NO2/c1-12-10-16(7-6-15(12)11-18)17(8-9-19-3)13(2)14-4-5-14/h6-7,10,13-14,18H,4-5,8-9,11H2,1-3H3. The van der Waals surface area contributed by atoms with Crippen molar-refractivity contribution in [2.75, 3.05) is 25.2 Å². The summed E-state index contributed by atoms with van der Waals surface area (Å²) in [6.07, 6.45) is 2.69. The van der Waals surface area contributed by atoms with Crippen molar-refractivity contribution >= 4 is 5.69 Å². The molecule has 1 atom stereocenters. The summed E-state index contributed by atoms with van der Waals surface area (Å²) in [7, 11) is 1.75. The number of aryl methyl sites for hydroxylation is 1. The number of methoxy groups -OCH3 is 1. The Kier molecular flexibility index (Phi) is 4.83. The van der Waals surface area contributed by atoms with E-state index in [1.807, 2.05) is 6.07 Å². The molecule has 0 heterocycles. The number of nitrogens with zero attached hydrogens (tertiary/aromatic N) is 1. The van der Waals surface area contributed by atoms with Gasteiger partial charge in [0.05, 0.1) is 13.2 Å². The minimum absolute atomic E-state index is 0.113. The zero-order valence-electron chi connectivity index (χ0n) is 12.2. The van der Waals surface area contributed by atoms with Gasteiger partial charge in [0.15, 0.2) is 0 Å². The molecule has 3 nitrogen and oxygen atoms in total. The summed E-state index contributed by atoms with van der Waals surface area (Å²) < 4.78 is 5.24. The maximum atomic E-state index is 9.26. The quantitative estimate of drug-likeness (QED) is 0.821. The first-order valence-electron chi connectivity index (χ1n) is 7.13. The molecular formula is C16H25NO2. The minimum atomic E-state index is 0.113. The van der Waals surface area contributed by atoms with Gasteiger partial charge in [-0.1, -0.05) is 6.07 Å². The van der Waals surface area contributed by atoms with E-state index < -0.39 is 0 Å². The van der Waals surface area contributed by atoms with E-state index in [4.69, 9.17) is 4.74 Å². The van der Waals surface area contributed by atoms with Gasteiger partial charge in [0.25, 0.3) is 0 Å². The smallest absolute Gasteiger partial charge is 0.0684 e. The monoisotopic (exact) mass is 263 g/mol. The van der Waals surface area contributed by atoms with Crippen molar-refractivity contribution in [1.29, 1.82) is 0 Å². The summed E-state index contributed by atoms with van der Waals surface area (Å²) in [6.45, 7) is 6.15. The summed E-state index contributed by atoms with van der Waals surface area (Å²) in [6, 6.07) is 6.90. The summed E-state index contributed by atoms with van der Waals surface area (Å²) in [4.78, 5) is 2.44. The molecule has 19 heavy (non-hydrogen) atoms. The zero-order valence-corrected chi connectivity index (χ0v) is 12.2. The fraction of sp³-hybridized carbons (Fsp3) is 0.625. The van der Waals surface area contributed by atoms with Gasteiger partial charge in [-0.2, -0.15) is 0 Å². The molecule has 0 spiro atoms.